The summed E-state index contributed by atoms with van der Waals surface area (Å²) in [7, 11) is 0. The fraction of sp³-hybridized carbons (Fsp3) is 0.684. The summed E-state index contributed by atoms with van der Waals surface area (Å²) < 4.78 is 1.77. The van der Waals surface area contributed by atoms with Crippen molar-refractivity contribution in [2.24, 2.45) is 23.2 Å². The fourth-order valence-electron chi connectivity index (χ4n) is 5.94. The highest BCUT2D eigenvalue weighted by Crippen LogP contribution is 2.60. The van der Waals surface area contributed by atoms with Crippen molar-refractivity contribution in [2.45, 2.75) is 57.5 Å². The average molecular weight is 356 g/mol. The van der Waals surface area contributed by atoms with Crippen LogP contribution in [0.1, 0.15) is 49.9 Å². The quantitative estimate of drug-likeness (QED) is 0.783. The van der Waals surface area contributed by atoms with Crippen LogP contribution in [0.4, 0.5) is 0 Å². The van der Waals surface area contributed by atoms with Crippen LogP contribution >= 0.6 is 11.8 Å². The second-order valence-electron chi connectivity index (χ2n) is 8.55. The summed E-state index contributed by atoms with van der Waals surface area (Å²) in [5.74, 6) is 4.00. The third-order valence-electron chi connectivity index (χ3n) is 6.56. The van der Waals surface area contributed by atoms with E-state index in [1.54, 1.807) is 4.52 Å². The first-order chi connectivity index (χ1) is 12.0. The van der Waals surface area contributed by atoms with Gasteiger partial charge in [0, 0.05) is 16.8 Å². The predicted molar refractivity (Wildman–Crippen MR) is 96.6 cm³/mol. The van der Waals surface area contributed by atoms with Crippen LogP contribution in [-0.2, 0) is 4.79 Å². The number of thioether (sulfide) groups is 1. The molecule has 4 fully saturated rings. The fourth-order valence-corrected chi connectivity index (χ4v) is 6.80. The minimum Gasteiger partial charge on any atom is -0.298 e. The van der Waals surface area contributed by atoms with E-state index >= 15 is 0 Å². The third-order valence-corrected chi connectivity index (χ3v) is 7.40. The lowest BCUT2D eigenvalue weighted by Gasteiger charge is -2.56. The Morgan fingerprint density at radius 2 is 1.80 bits per heavy atom. The Bertz CT molecular complexity index is 823. The highest BCUT2D eigenvalue weighted by Gasteiger charge is 2.54. The maximum absolute atomic E-state index is 13.1. The first-order valence-corrected chi connectivity index (χ1v) is 10.4. The molecule has 4 aliphatic carbocycles. The van der Waals surface area contributed by atoms with Crippen molar-refractivity contribution in [1.29, 1.82) is 0 Å². The highest BCUT2D eigenvalue weighted by atomic mass is 32.2. The largest absolute Gasteiger partial charge is 0.298 e. The van der Waals surface area contributed by atoms with Gasteiger partial charge in [-0.15, -0.1) is 5.10 Å². The summed E-state index contributed by atoms with van der Waals surface area (Å²) in [5, 5.41) is 5.19. The molecule has 2 aromatic heterocycles. The van der Waals surface area contributed by atoms with Crippen LogP contribution in [0, 0.1) is 37.0 Å². The lowest BCUT2D eigenvalue weighted by molar-refractivity contribution is -0.141. The molecule has 4 aliphatic rings. The van der Waals surface area contributed by atoms with E-state index in [0.29, 0.717) is 22.5 Å². The van der Waals surface area contributed by atoms with Gasteiger partial charge in [0.15, 0.2) is 0 Å². The monoisotopic (exact) mass is 356 g/mol. The molecule has 0 spiro atoms. The van der Waals surface area contributed by atoms with E-state index in [-0.39, 0.29) is 5.41 Å². The Hall–Kier alpha value is -1.43. The molecule has 0 aromatic carbocycles. The molecular formula is C19H24N4OS. The van der Waals surface area contributed by atoms with Gasteiger partial charge in [0.25, 0.3) is 5.78 Å². The Kier molecular flexibility index (Phi) is 3.50. The number of ketones is 1. The van der Waals surface area contributed by atoms with Gasteiger partial charge in [0.05, 0.1) is 5.75 Å². The lowest BCUT2D eigenvalue weighted by Crippen LogP contribution is -2.50. The molecular weight excluding hydrogens is 332 g/mol. The van der Waals surface area contributed by atoms with Gasteiger partial charge in [-0.25, -0.2) is 9.50 Å². The summed E-state index contributed by atoms with van der Waals surface area (Å²) >= 11 is 1.49. The summed E-state index contributed by atoms with van der Waals surface area (Å²) in [5.41, 5.74) is 1.94. The molecule has 0 atom stereocenters. The number of aromatic nitrogens is 4. The van der Waals surface area contributed by atoms with Crippen LogP contribution < -0.4 is 0 Å². The van der Waals surface area contributed by atoms with Gasteiger partial charge in [-0.2, -0.15) is 4.98 Å². The number of rotatable bonds is 4. The second-order valence-corrected chi connectivity index (χ2v) is 9.50. The van der Waals surface area contributed by atoms with E-state index in [9.17, 15) is 4.79 Å². The number of carbonyl (C=O) groups excluding carboxylic acids is 1. The Balaban J connectivity index is 1.33. The van der Waals surface area contributed by atoms with Crippen LogP contribution in [0.2, 0.25) is 0 Å². The summed E-state index contributed by atoms with van der Waals surface area (Å²) in [4.78, 5) is 22.0. The second kappa shape index (κ2) is 5.53. The van der Waals surface area contributed by atoms with E-state index < -0.39 is 0 Å². The number of aryl methyl sites for hydroxylation is 2. The maximum atomic E-state index is 13.1. The van der Waals surface area contributed by atoms with E-state index in [0.717, 1.165) is 48.4 Å². The molecule has 2 aromatic rings. The first-order valence-electron chi connectivity index (χ1n) is 9.38. The van der Waals surface area contributed by atoms with Crippen LogP contribution in [0.25, 0.3) is 5.78 Å². The summed E-state index contributed by atoms with van der Waals surface area (Å²) in [6, 6.07) is 2.00. The van der Waals surface area contributed by atoms with Crippen molar-refractivity contribution < 1.29 is 4.79 Å². The SMILES string of the molecule is Cc1cc(C)n2nc(SCC(=O)C34CC5CC(CC(C5)C3)C4)nc2n1. The molecule has 2 heterocycles. The van der Waals surface area contributed by atoms with E-state index in [1.807, 2.05) is 19.9 Å². The van der Waals surface area contributed by atoms with Gasteiger partial charge in [-0.3, -0.25) is 4.79 Å². The number of hydrogen-bond donors (Lipinski definition) is 0. The van der Waals surface area contributed by atoms with Crippen LogP contribution in [0.5, 0.6) is 0 Å². The van der Waals surface area contributed by atoms with Crippen molar-refractivity contribution in [3.05, 3.63) is 17.5 Å². The topological polar surface area (TPSA) is 60.2 Å². The predicted octanol–water partition coefficient (Wildman–Crippen LogP) is 3.62. The van der Waals surface area contributed by atoms with E-state index in [2.05, 4.69) is 15.1 Å². The van der Waals surface area contributed by atoms with E-state index in [4.69, 9.17) is 0 Å². The Labute approximate surface area is 152 Å². The standard InChI is InChI=1S/C19H24N4OS/c1-11-3-12(2)23-17(20-11)21-18(22-23)25-10-16(24)19-7-13-4-14(8-19)6-15(5-13)9-19/h3,13-15H,4-10H2,1-2H3. The third kappa shape index (κ3) is 2.60. The normalized spacial score (nSPS) is 33.3. The Morgan fingerprint density at radius 1 is 1.16 bits per heavy atom. The molecule has 6 heteroatoms. The van der Waals surface area contributed by atoms with Gasteiger partial charge in [0.1, 0.15) is 5.78 Å². The molecule has 0 N–H and O–H groups in total. The lowest BCUT2D eigenvalue weighted by atomic mass is 9.48. The van der Waals surface area contributed by atoms with Crippen molar-refractivity contribution in [3.63, 3.8) is 0 Å². The number of Topliss-reactive ketones (excluding diaryl/α,β-unsaturated/α-hetero) is 1. The van der Waals surface area contributed by atoms with Crippen molar-refractivity contribution in [2.75, 3.05) is 5.75 Å². The first kappa shape index (κ1) is 15.8. The number of carbonyl (C=O) groups is 1. The van der Waals surface area contributed by atoms with Crippen LogP contribution in [-0.4, -0.2) is 31.1 Å². The van der Waals surface area contributed by atoms with Gasteiger partial charge >= 0.3 is 0 Å². The number of nitrogens with zero attached hydrogens (tertiary/aromatic N) is 4. The molecule has 0 radical (unpaired) electrons. The van der Waals surface area contributed by atoms with E-state index in [1.165, 1.54) is 31.0 Å². The van der Waals surface area contributed by atoms with Gasteiger partial charge in [-0.1, -0.05) is 11.8 Å². The van der Waals surface area contributed by atoms with Crippen LogP contribution in [0.3, 0.4) is 0 Å². The summed E-state index contributed by atoms with van der Waals surface area (Å²) in [6.07, 6.45) is 7.53. The molecule has 0 amide bonds. The highest BCUT2D eigenvalue weighted by molar-refractivity contribution is 7.99. The number of fused-ring (bicyclic) bond motifs is 1. The van der Waals surface area contributed by atoms with Crippen molar-refractivity contribution >= 4 is 23.3 Å². The molecule has 5 nitrogen and oxygen atoms in total. The van der Waals surface area contributed by atoms with Crippen LogP contribution in [0.15, 0.2) is 11.2 Å². The summed E-state index contributed by atoms with van der Waals surface area (Å²) in [6.45, 7) is 3.97. The van der Waals surface area contributed by atoms with Gasteiger partial charge in [-0.05, 0) is 76.2 Å². The average Bonchev–Trinajstić information content (AvgIpc) is 2.94. The van der Waals surface area contributed by atoms with Gasteiger partial charge < -0.3 is 0 Å². The smallest absolute Gasteiger partial charge is 0.253 e. The minimum atomic E-state index is -0.0222. The molecule has 0 saturated heterocycles. The number of hydrogen-bond acceptors (Lipinski definition) is 5. The van der Waals surface area contributed by atoms with Crippen molar-refractivity contribution in [1.82, 2.24) is 19.6 Å². The molecule has 6 rings (SSSR count). The molecule has 0 unspecified atom stereocenters. The molecule has 4 saturated carbocycles. The van der Waals surface area contributed by atoms with Crippen molar-refractivity contribution in [3.8, 4) is 0 Å². The molecule has 25 heavy (non-hydrogen) atoms. The minimum absolute atomic E-state index is 0.0222. The zero-order valence-electron chi connectivity index (χ0n) is 14.9. The zero-order valence-corrected chi connectivity index (χ0v) is 15.7. The zero-order chi connectivity index (χ0) is 17.2. The molecule has 132 valence electrons. The maximum Gasteiger partial charge on any atom is 0.253 e. The van der Waals surface area contributed by atoms with Gasteiger partial charge in [0.2, 0.25) is 5.16 Å². The molecule has 4 bridgehead atoms. The molecule has 0 aliphatic heterocycles. The Morgan fingerprint density at radius 3 is 2.44 bits per heavy atom.